The van der Waals surface area contributed by atoms with E-state index in [0.717, 1.165) is 11.1 Å². The maximum absolute atomic E-state index is 11.7. The van der Waals surface area contributed by atoms with Gasteiger partial charge >= 0.3 is 15.2 Å². The fourth-order valence-electron chi connectivity index (χ4n) is 2.48. The maximum atomic E-state index is 11.7. The highest BCUT2D eigenvalue weighted by Crippen LogP contribution is 2.57. The van der Waals surface area contributed by atoms with Gasteiger partial charge in [-0.2, -0.15) is 0 Å². The second kappa shape index (κ2) is 6.72. The van der Waals surface area contributed by atoms with Crippen molar-refractivity contribution in [2.75, 3.05) is 0 Å². The van der Waals surface area contributed by atoms with Gasteiger partial charge in [-0.1, -0.05) is 48.5 Å². The molecule has 4 N–H and O–H groups in total. The standard InChI is InChI=1S/C18H24O6P2/c1-17(2,25(19,20)21)15-9-5-13(6-10-15)14-7-11-16(12-8-14)18(3,4)26(22,23)24/h5-12H,1-4H3,(H2,19,20,21)(H2,22,23,24). The average Bonchev–Trinajstić information content (AvgIpc) is 2.53. The minimum atomic E-state index is -4.29. The summed E-state index contributed by atoms with van der Waals surface area (Å²) >= 11 is 0. The smallest absolute Gasteiger partial charge is 0.324 e. The zero-order valence-corrected chi connectivity index (χ0v) is 16.9. The molecule has 6 nitrogen and oxygen atoms in total. The predicted molar refractivity (Wildman–Crippen MR) is 102 cm³/mol. The molecule has 0 atom stereocenters. The normalized spacial score (nSPS) is 13.7. The number of rotatable bonds is 5. The van der Waals surface area contributed by atoms with Crippen molar-refractivity contribution in [3.8, 4) is 11.1 Å². The molecule has 0 bridgehead atoms. The van der Waals surface area contributed by atoms with E-state index >= 15 is 0 Å². The van der Waals surface area contributed by atoms with E-state index in [-0.39, 0.29) is 0 Å². The van der Waals surface area contributed by atoms with Crippen molar-refractivity contribution in [1.82, 2.24) is 0 Å². The van der Waals surface area contributed by atoms with Crippen molar-refractivity contribution >= 4 is 15.2 Å². The van der Waals surface area contributed by atoms with Gasteiger partial charge < -0.3 is 19.6 Å². The van der Waals surface area contributed by atoms with Gasteiger partial charge in [0.2, 0.25) is 0 Å². The van der Waals surface area contributed by atoms with E-state index in [2.05, 4.69) is 0 Å². The average molecular weight is 398 g/mol. The topological polar surface area (TPSA) is 115 Å². The minimum Gasteiger partial charge on any atom is -0.324 e. The highest BCUT2D eigenvalue weighted by molar-refractivity contribution is 7.53. The molecule has 0 radical (unpaired) electrons. The Morgan fingerprint density at radius 2 is 0.808 bits per heavy atom. The van der Waals surface area contributed by atoms with Gasteiger partial charge in [-0.15, -0.1) is 0 Å². The van der Waals surface area contributed by atoms with Crippen LogP contribution in [0.5, 0.6) is 0 Å². The lowest BCUT2D eigenvalue weighted by Gasteiger charge is -2.27. The molecule has 0 saturated heterocycles. The Balaban J connectivity index is 2.34. The van der Waals surface area contributed by atoms with Crippen LogP contribution in [-0.4, -0.2) is 19.6 Å². The van der Waals surface area contributed by atoms with E-state index in [1.54, 1.807) is 48.5 Å². The van der Waals surface area contributed by atoms with Crippen LogP contribution in [0.25, 0.3) is 11.1 Å². The number of hydrogen-bond acceptors (Lipinski definition) is 2. The second-order valence-corrected chi connectivity index (χ2v) is 11.8. The van der Waals surface area contributed by atoms with Crippen LogP contribution in [0.4, 0.5) is 0 Å². The Hall–Kier alpha value is -1.26. The summed E-state index contributed by atoms with van der Waals surface area (Å²) in [5, 5.41) is -2.55. The van der Waals surface area contributed by atoms with E-state index in [0.29, 0.717) is 11.1 Å². The molecule has 2 rings (SSSR count). The van der Waals surface area contributed by atoms with Crippen molar-refractivity contribution in [1.29, 1.82) is 0 Å². The summed E-state index contributed by atoms with van der Waals surface area (Å²) < 4.78 is 23.3. The summed E-state index contributed by atoms with van der Waals surface area (Å²) in [4.78, 5) is 38.0. The van der Waals surface area contributed by atoms with Gasteiger partial charge in [0, 0.05) is 0 Å². The second-order valence-electron chi connectivity index (χ2n) is 7.36. The van der Waals surface area contributed by atoms with Crippen LogP contribution in [0.3, 0.4) is 0 Å². The monoisotopic (exact) mass is 398 g/mol. The van der Waals surface area contributed by atoms with Gasteiger partial charge in [-0.05, 0) is 49.9 Å². The third-order valence-electron chi connectivity index (χ3n) is 4.97. The summed E-state index contributed by atoms with van der Waals surface area (Å²) in [6.07, 6.45) is 0. The van der Waals surface area contributed by atoms with Crippen LogP contribution in [0.1, 0.15) is 38.8 Å². The van der Waals surface area contributed by atoms with Crippen LogP contribution >= 0.6 is 15.2 Å². The molecule has 0 saturated carbocycles. The molecule has 2 aromatic rings. The Bertz CT molecular complexity index is 797. The molecule has 0 aromatic heterocycles. The molecular formula is C18H24O6P2. The van der Waals surface area contributed by atoms with Crippen molar-refractivity contribution < 1.29 is 28.7 Å². The van der Waals surface area contributed by atoms with Gasteiger partial charge in [0.25, 0.3) is 0 Å². The Labute approximate surface area is 153 Å². The van der Waals surface area contributed by atoms with E-state index in [9.17, 15) is 28.7 Å². The summed E-state index contributed by atoms with van der Waals surface area (Å²) in [6, 6.07) is 13.8. The fraction of sp³-hybridized carbons (Fsp3) is 0.333. The predicted octanol–water partition coefficient (Wildman–Crippen LogP) is 4.18. The lowest BCUT2D eigenvalue weighted by atomic mass is 9.95. The first-order valence-electron chi connectivity index (χ1n) is 8.01. The molecule has 0 aliphatic carbocycles. The molecule has 0 aliphatic rings. The summed E-state index contributed by atoms with van der Waals surface area (Å²) in [5.41, 5.74) is 2.76. The van der Waals surface area contributed by atoms with E-state index in [1.165, 1.54) is 27.7 Å². The number of benzene rings is 2. The van der Waals surface area contributed by atoms with Gasteiger partial charge in [-0.25, -0.2) is 0 Å². The molecule has 0 fully saturated rings. The zero-order valence-electron chi connectivity index (χ0n) is 15.1. The van der Waals surface area contributed by atoms with Crippen LogP contribution < -0.4 is 0 Å². The molecule has 142 valence electrons. The molecule has 2 aromatic carbocycles. The van der Waals surface area contributed by atoms with E-state index in [1.807, 2.05) is 0 Å². The first kappa shape index (κ1) is 21.0. The summed E-state index contributed by atoms with van der Waals surface area (Å²) in [7, 11) is -8.59. The first-order chi connectivity index (χ1) is 11.7. The Kier molecular flexibility index (Phi) is 5.44. The third-order valence-corrected chi connectivity index (χ3v) is 8.40. The van der Waals surface area contributed by atoms with Crippen molar-refractivity contribution in [3.63, 3.8) is 0 Å². The van der Waals surface area contributed by atoms with Crippen LogP contribution in [0.15, 0.2) is 48.5 Å². The largest absolute Gasteiger partial charge is 0.335 e. The van der Waals surface area contributed by atoms with Crippen molar-refractivity contribution in [2.24, 2.45) is 0 Å². The third kappa shape index (κ3) is 3.86. The molecule has 8 heteroatoms. The van der Waals surface area contributed by atoms with Crippen LogP contribution in [0.2, 0.25) is 0 Å². The van der Waals surface area contributed by atoms with E-state index in [4.69, 9.17) is 0 Å². The maximum Gasteiger partial charge on any atom is 0.335 e. The summed E-state index contributed by atoms with van der Waals surface area (Å²) in [6.45, 7) is 6.01. The quantitative estimate of drug-likeness (QED) is 0.562. The van der Waals surface area contributed by atoms with Gasteiger partial charge in [-0.3, -0.25) is 9.13 Å². The highest BCUT2D eigenvalue weighted by atomic mass is 31.2. The van der Waals surface area contributed by atoms with Crippen LogP contribution in [-0.2, 0) is 19.4 Å². The van der Waals surface area contributed by atoms with Gasteiger partial charge in [0.15, 0.2) is 0 Å². The lowest BCUT2D eigenvalue weighted by Crippen LogP contribution is -2.17. The molecule has 0 spiro atoms. The summed E-state index contributed by atoms with van der Waals surface area (Å²) in [5.74, 6) is 0. The van der Waals surface area contributed by atoms with E-state index < -0.39 is 25.5 Å². The molecular weight excluding hydrogens is 374 g/mol. The Morgan fingerprint density at radius 3 is 1.00 bits per heavy atom. The molecule has 0 aliphatic heterocycles. The molecule has 26 heavy (non-hydrogen) atoms. The first-order valence-corrected chi connectivity index (χ1v) is 11.2. The van der Waals surface area contributed by atoms with Crippen molar-refractivity contribution in [3.05, 3.63) is 59.7 Å². The molecule has 0 unspecified atom stereocenters. The fourth-order valence-corrected chi connectivity index (χ4v) is 3.45. The molecule has 0 amide bonds. The number of hydrogen-bond donors (Lipinski definition) is 4. The Morgan fingerprint density at radius 1 is 0.577 bits per heavy atom. The minimum absolute atomic E-state index is 0.536. The SMILES string of the molecule is CC(C)(c1ccc(-c2ccc(C(C)(C)P(=O)(O)O)cc2)cc1)P(=O)(O)O. The van der Waals surface area contributed by atoms with Crippen molar-refractivity contribution in [2.45, 2.75) is 38.0 Å². The molecule has 0 heterocycles. The van der Waals surface area contributed by atoms with Crippen LogP contribution in [0, 0.1) is 0 Å². The van der Waals surface area contributed by atoms with Gasteiger partial charge in [0.1, 0.15) is 0 Å². The lowest BCUT2D eigenvalue weighted by molar-refractivity contribution is 0.336. The highest BCUT2D eigenvalue weighted by Gasteiger charge is 2.40. The van der Waals surface area contributed by atoms with Gasteiger partial charge in [0.05, 0.1) is 10.3 Å². The zero-order chi connectivity index (χ0) is 20.0.